The van der Waals surface area contributed by atoms with Crippen LogP contribution >= 0.6 is 23.4 Å². The lowest BCUT2D eigenvalue weighted by molar-refractivity contribution is -0.118. The normalized spacial score (nSPS) is 10.5. The van der Waals surface area contributed by atoms with Gasteiger partial charge in [0.15, 0.2) is 23.3 Å². The first-order chi connectivity index (χ1) is 15.1. The van der Waals surface area contributed by atoms with E-state index in [0.29, 0.717) is 46.5 Å². The number of thioether (sulfide) groups is 1. The Morgan fingerprint density at radius 1 is 1.16 bits per heavy atom. The fraction of sp³-hybridized carbons (Fsp3) is 0.227. The van der Waals surface area contributed by atoms with Crippen molar-refractivity contribution in [2.75, 3.05) is 18.5 Å². The number of ether oxygens (including phenoxy) is 2. The van der Waals surface area contributed by atoms with E-state index >= 15 is 0 Å². The molecule has 1 N–H and O–H groups in total. The Morgan fingerprint density at radius 2 is 1.87 bits per heavy atom. The van der Waals surface area contributed by atoms with Gasteiger partial charge in [0, 0.05) is 17.3 Å². The molecular formula is C22H23ClN4O3S. The second kappa shape index (κ2) is 11.4. The van der Waals surface area contributed by atoms with Gasteiger partial charge in [-0.05, 0) is 30.7 Å². The van der Waals surface area contributed by atoms with Gasteiger partial charge in [-0.15, -0.1) is 10.2 Å². The van der Waals surface area contributed by atoms with Gasteiger partial charge in [0.2, 0.25) is 5.95 Å². The summed E-state index contributed by atoms with van der Waals surface area (Å²) in [7, 11) is 0. The van der Waals surface area contributed by atoms with Crippen molar-refractivity contribution in [3.63, 3.8) is 0 Å². The molecular weight excluding hydrogens is 436 g/mol. The molecule has 0 saturated carbocycles. The van der Waals surface area contributed by atoms with Crippen LogP contribution in [0, 0.1) is 0 Å². The Morgan fingerprint density at radius 3 is 2.58 bits per heavy atom. The zero-order valence-electron chi connectivity index (χ0n) is 17.1. The third-order valence-electron chi connectivity index (χ3n) is 4.16. The SMILES string of the molecule is C=CCOc1ccccc1OCC(=O)Nc1nnc(SCc2ccccc2Cl)n1CC. The number of hydrogen-bond donors (Lipinski definition) is 1. The van der Waals surface area contributed by atoms with Crippen LogP contribution in [0.2, 0.25) is 5.02 Å². The van der Waals surface area contributed by atoms with Crippen molar-refractivity contribution in [1.29, 1.82) is 0 Å². The number of rotatable bonds is 11. The molecule has 0 aliphatic carbocycles. The van der Waals surface area contributed by atoms with E-state index in [-0.39, 0.29) is 12.5 Å². The number of amides is 1. The van der Waals surface area contributed by atoms with Crippen molar-refractivity contribution in [2.45, 2.75) is 24.4 Å². The molecule has 9 heteroatoms. The van der Waals surface area contributed by atoms with Gasteiger partial charge in [-0.1, -0.05) is 66.3 Å². The largest absolute Gasteiger partial charge is 0.486 e. The maximum Gasteiger partial charge on any atom is 0.264 e. The molecule has 0 bridgehead atoms. The predicted octanol–water partition coefficient (Wildman–Crippen LogP) is 4.83. The number of carbonyl (C=O) groups excluding carboxylic acids is 1. The number of halogens is 1. The van der Waals surface area contributed by atoms with Gasteiger partial charge < -0.3 is 9.47 Å². The summed E-state index contributed by atoms with van der Waals surface area (Å²) < 4.78 is 13.0. The monoisotopic (exact) mass is 458 g/mol. The third kappa shape index (κ3) is 6.26. The standard InChI is InChI=1S/C22H23ClN4O3S/c1-3-13-29-18-11-7-8-12-19(18)30-14-20(28)24-21-25-26-22(27(21)4-2)31-15-16-9-5-6-10-17(16)23/h3,5-12H,1,4,13-15H2,2H3,(H,24,25,28). The van der Waals surface area contributed by atoms with Crippen LogP contribution in [0.3, 0.4) is 0 Å². The number of benzene rings is 2. The van der Waals surface area contributed by atoms with Crippen molar-refractivity contribution in [3.8, 4) is 11.5 Å². The van der Waals surface area contributed by atoms with Gasteiger partial charge >= 0.3 is 0 Å². The number of nitrogens with zero attached hydrogens (tertiary/aromatic N) is 3. The number of nitrogens with one attached hydrogen (secondary N) is 1. The molecule has 162 valence electrons. The molecule has 7 nitrogen and oxygen atoms in total. The van der Waals surface area contributed by atoms with Crippen LogP contribution in [0.1, 0.15) is 12.5 Å². The van der Waals surface area contributed by atoms with Gasteiger partial charge in [-0.3, -0.25) is 14.7 Å². The first kappa shape index (κ1) is 22.7. The average Bonchev–Trinajstić information content (AvgIpc) is 3.17. The Hall–Kier alpha value is -2.97. The van der Waals surface area contributed by atoms with Crippen molar-refractivity contribution in [3.05, 3.63) is 71.8 Å². The van der Waals surface area contributed by atoms with Gasteiger partial charge in [0.1, 0.15) is 6.61 Å². The predicted molar refractivity (Wildman–Crippen MR) is 123 cm³/mol. The summed E-state index contributed by atoms with van der Waals surface area (Å²) in [5.74, 6) is 1.70. The van der Waals surface area contributed by atoms with E-state index in [9.17, 15) is 4.79 Å². The lowest BCUT2D eigenvalue weighted by atomic mass is 10.2. The van der Waals surface area contributed by atoms with Crippen molar-refractivity contribution >= 4 is 35.2 Å². The molecule has 0 aliphatic heterocycles. The van der Waals surface area contributed by atoms with Crippen LogP contribution in [0.15, 0.2) is 66.3 Å². The van der Waals surface area contributed by atoms with Crippen molar-refractivity contribution < 1.29 is 14.3 Å². The lowest BCUT2D eigenvalue weighted by Crippen LogP contribution is -2.22. The van der Waals surface area contributed by atoms with E-state index in [1.165, 1.54) is 11.8 Å². The number of anilines is 1. The maximum atomic E-state index is 12.4. The van der Waals surface area contributed by atoms with Gasteiger partial charge in [-0.2, -0.15) is 0 Å². The minimum atomic E-state index is -0.344. The zero-order chi connectivity index (χ0) is 22.1. The summed E-state index contributed by atoms with van der Waals surface area (Å²) in [6.45, 7) is 6.35. The number of carbonyl (C=O) groups is 1. The molecule has 1 heterocycles. The van der Waals surface area contributed by atoms with Gasteiger partial charge in [0.25, 0.3) is 5.91 Å². The molecule has 0 saturated heterocycles. The number of hydrogen-bond acceptors (Lipinski definition) is 6. The first-order valence-corrected chi connectivity index (χ1v) is 11.0. The van der Waals surface area contributed by atoms with Crippen LogP contribution in [-0.4, -0.2) is 33.9 Å². The quantitative estimate of drug-likeness (QED) is 0.327. The fourth-order valence-corrected chi connectivity index (χ4v) is 3.96. The Labute approximate surface area is 190 Å². The van der Waals surface area contributed by atoms with Gasteiger partial charge in [-0.25, -0.2) is 0 Å². The smallest absolute Gasteiger partial charge is 0.264 e. The second-order valence-electron chi connectivity index (χ2n) is 6.31. The molecule has 0 atom stereocenters. The summed E-state index contributed by atoms with van der Waals surface area (Å²) in [5, 5.41) is 12.5. The average molecular weight is 459 g/mol. The highest BCUT2D eigenvalue weighted by Gasteiger charge is 2.15. The van der Waals surface area contributed by atoms with Crippen LogP contribution in [-0.2, 0) is 17.1 Å². The Bertz CT molecular complexity index is 1040. The lowest BCUT2D eigenvalue weighted by Gasteiger charge is -2.12. The number of aromatic nitrogens is 3. The van der Waals surface area contributed by atoms with E-state index in [0.717, 1.165) is 5.56 Å². The summed E-state index contributed by atoms with van der Waals surface area (Å²) >= 11 is 7.73. The van der Waals surface area contributed by atoms with E-state index in [1.807, 2.05) is 47.9 Å². The molecule has 3 rings (SSSR count). The highest BCUT2D eigenvalue weighted by atomic mass is 35.5. The minimum Gasteiger partial charge on any atom is -0.486 e. The molecule has 1 amide bonds. The number of para-hydroxylation sites is 2. The van der Waals surface area contributed by atoms with E-state index in [4.69, 9.17) is 21.1 Å². The van der Waals surface area contributed by atoms with Crippen LogP contribution in [0.4, 0.5) is 5.95 Å². The molecule has 0 spiro atoms. The fourth-order valence-electron chi connectivity index (χ4n) is 2.67. The molecule has 1 aromatic heterocycles. The molecule has 2 aromatic carbocycles. The summed E-state index contributed by atoms with van der Waals surface area (Å²) in [5.41, 5.74) is 1.01. The zero-order valence-corrected chi connectivity index (χ0v) is 18.7. The molecule has 0 radical (unpaired) electrons. The molecule has 3 aromatic rings. The molecule has 0 unspecified atom stereocenters. The van der Waals surface area contributed by atoms with Gasteiger partial charge in [0.05, 0.1) is 0 Å². The minimum absolute atomic E-state index is 0.187. The first-order valence-electron chi connectivity index (χ1n) is 9.67. The Kier molecular flexibility index (Phi) is 8.37. The van der Waals surface area contributed by atoms with Crippen molar-refractivity contribution in [1.82, 2.24) is 14.8 Å². The van der Waals surface area contributed by atoms with E-state index in [2.05, 4.69) is 22.1 Å². The summed E-state index contributed by atoms with van der Waals surface area (Å²) in [6.07, 6.45) is 1.64. The van der Waals surface area contributed by atoms with E-state index < -0.39 is 0 Å². The summed E-state index contributed by atoms with van der Waals surface area (Å²) in [6, 6.07) is 14.8. The van der Waals surface area contributed by atoms with Crippen molar-refractivity contribution in [2.24, 2.45) is 0 Å². The Balaban J connectivity index is 1.59. The van der Waals surface area contributed by atoms with Crippen LogP contribution < -0.4 is 14.8 Å². The maximum absolute atomic E-state index is 12.4. The second-order valence-corrected chi connectivity index (χ2v) is 7.66. The molecule has 31 heavy (non-hydrogen) atoms. The molecule has 0 fully saturated rings. The third-order valence-corrected chi connectivity index (χ3v) is 5.55. The van der Waals surface area contributed by atoms with Crippen LogP contribution in [0.25, 0.3) is 0 Å². The molecule has 0 aliphatic rings. The van der Waals surface area contributed by atoms with E-state index in [1.54, 1.807) is 18.2 Å². The highest BCUT2D eigenvalue weighted by Crippen LogP contribution is 2.28. The topological polar surface area (TPSA) is 78.3 Å². The summed E-state index contributed by atoms with van der Waals surface area (Å²) in [4.78, 5) is 12.4. The van der Waals surface area contributed by atoms with Crippen LogP contribution in [0.5, 0.6) is 11.5 Å². The highest BCUT2D eigenvalue weighted by molar-refractivity contribution is 7.98.